The van der Waals surface area contributed by atoms with Crippen LogP contribution >= 0.6 is 0 Å². The van der Waals surface area contributed by atoms with Crippen molar-refractivity contribution in [1.82, 2.24) is 0 Å². The summed E-state index contributed by atoms with van der Waals surface area (Å²) >= 11 is 0. The number of methoxy groups -OCH3 is 1. The summed E-state index contributed by atoms with van der Waals surface area (Å²) in [6, 6.07) is 5.40. The number of ether oxygens (including phenoxy) is 2. The summed E-state index contributed by atoms with van der Waals surface area (Å²) in [6.07, 6.45) is 3.21. The van der Waals surface area contributed by atoms with E-state index >= 15 is 0 Å². The van der Waals surface area contributed by atoms with Gasteiger partial charge in [-0.3, -0.25) is 9.59 Å². The van der Waals surface area contributed by atoms with Gasteiger partial charge in [0.05, 0.1) is 25.3 Å². The maximum atomic E-state index is 12.2. The van der Waals surface area contributed by atoms with Crippen LogP contribution < -0.4 is 15.0 Å². The first-order valence-corrected chi connectivity index (χ1v) is 8.06. The standard InChI is InChI=1S/C17H22N2O4/c1-22-15-6-5-13(18-17(21)12-7-9-23-11-12)10-14(15)19-8-3-2-4-16(19)20/h5-6,10,12H,2-4,7-9,11H2,1H3,(H,18,21). The molecule has 1 aromatic rings. The second-order valence-corrected chi connectivity index (χ2v) is 5.94. The van der Waals surface area contributed by atoms with E-state index in [1.54, 1.807) is 24.1 Å². The highest BCUT2D eigenvalue weighted by molar-refractivity contribution is 5.98. The van der Waals surface area contributed by atoms with E-state index < -0.39 is 0 Å². The van der Waals surface area contributed by atoms with Crippen molar-refractivity contribution in [1.29, 1.82) is 0 Å². The third kappa shape index (κ3) is 3.47. The molecule has 2 heterocycles. The Morgan fingerprint density at radius 1 is 1.39 bits per heavy atom. The first-order valence-electron chi connectivity index (χ1n) is 8.06. The number of nitrogens with one attached hydrogen (secondary N) is 1. The second-order valence-electron chi connectivity index (χ2n) is 5.94. The maximum Gasteiger partial charge on any atom is 0.229 e. The monoisotopic (exact) mass is 318 g/mol. The van der Waals surface area contributed by atoms with Crippen LogP contribution in [-0.4, -0.2) is 38.7 Å². The Morgan fingerprint density at radius 2 is 2.26 bits per heavy atom. The maximum absolute atomic E-state index is 12.2. The number of anilines is 2. The SMILES string of the molecule is COc1ccc(NC(=O)C2CCOC2)cc1N1CCCCC1=O. The van der Waals surface area contributed by atoms with Crippen molar-refractivity contribution in [3.05, 3.63) is 18.2 Å². The zero-order chi connectivity index (χ0) is 16.2. The number of nitrogens with zero attached hydrogens (tertiary/aromatic N) is 1. The molecule has 2 fully saturated rings. The molecule has 1 N–H and O–H groups in total. The topological polar surface area (TPSA) is 67.9 Å². The molecule has 0 aliphatic carbocycles. The van der Waals surface area contributed by atoms with Crippen LogP contribution in [0, 0.1) is 5.92 Å². The smallest absolute Gasteiger partial charge is 0.229 e. The van der Waals surface area contributed by atoms with Crippen molar-refractivity contribution in [2.75, 3.05) is 37.1 Å². The lowest BCUT2D eigenvalue weighted by atomic mass is 10.1. The molecule has 2 aliphatic heterocycles. The van der Waals surface area contributed by atoms with E-state index in [1.807, 2.05) is 6.07 Å². The van der Waals surface area contributed by atoms with Gasteiger partial charge in [0.2, 0.25) is 11.8 Å². The van der Waals surface area contributed by atoms with Crippen LogP contribution in [0.3, 0.4) is 0 Å². The molecule has 0 saturated carbocycles. The van der Waals surface area contributed by atoms with Gasteiger partial charge < -0.3 is 19.7 Å². The van der Waals surface area contributed by atoms with E-state index in [2.05, 4.69) is 5.32 Å². The molecule has 2 aliphatic rings. The minimum atomic E-state index is -0.0998. The molecule has 124 valence electrons. The molecule has 2 saturated heterocycles. The first-order chi connectivity index (χ1) is 11.2. The summed E-state index contributed by atoms with van der Waals surface area (Å²) in [5.74, 6) is 0.602. The fraction of sp³-hybridized carbons (Fsp3) is 0.529. The van der Waals surface area contributed by atoms with E-state index in [-0.39, 0.29) is 17.7 Å². The molecule has 2 amide bonds. The molecule has 0 bridgehead atoms. The fourth-order valence-electron chi connectivity index (χ4n) is 3.02. The highest BCUT2D eigenvalue weighted by Crippen LogP contribution is 2.33. The summed E-state index contributed by atoms with van der Waals surface area (Å²) in [5, 5.41) is 2.92. The molecule has 0 radical (unpaired) electrons. The zero-order valence-corrected chi connectivity index (χ0v) is 13.3. The van der Waals surface area contributed by atoms with Gasteiger partial charge in [0, 0.05) is 25.3 Å². The normalized spacial score (nSPS) is 21.3. The van der Waals surface area contributed by atoms with Gasteiger partial charge in [-0.2, -0.15) is 0 Å². The molecule has 23 heavy (non-hydrogen) atoms. The van der Waals surface area contributed by atoms with Crippen LogP contribution in [0.25, 0.3) is 0 Å². The largest absolute Gasteiger partial charge is 0.495 e. The highest BCUT2D eigenvalue weighted by Gasteiger charge is 2.25. The van der Waals surface area contributed by atoms with Gasteiger partial charge in [-0.15, -0.1) is 0 Å². The molecule has 1 unspecified atom stereocenters. The van der Waals surface area contributed by atoms with Crippen molar-refractivity contribution in [3.8, 4) is 5.75 Å². The fourth-order valence-corrected chi connectivity index (χ4v) is 3.02. The predicted molar refractivity (Wildman–Crippen MR) is 86.8 cm³/mol. The molecule has 6 heteroatoms. The molecule has 3 rings (SSSR count). The van der Waals surface area contributed by atoms with Crippen LogP contribution in [-0.2, 0) is 14.3 Å². The number of hydrogen-bond donors (Lipinski definition) is 1. The Balaban J connectivity index is 1.80. The van der Waals surface area contributed by atoms with Gasteiger partial charge >= 0.3 is 0 Å². The average Bonchev–Trinajstić information content (AvgIpc) is 3.10. The van der Waals surface area contributed by atoms with Crippen LogP contribution in [0.1, 0.15) is 25.7 Å². The number of carbonyl (C=O) groups excluding carboxylic acids is 2. The van der Waals surface area contributed by atoms with Crippen molar-refractivity contribution in [3.63, 3.8) is 0 Å². The summed E-state index contributed by atoms with van der Waals surface area (Å²) in [5.41, 5.74) is 1.40. The van der Waals surface area contributed by atoms with Gasteiger partial charge in [0.25, 0.3) is 0 Å². The molecular formula is C17H22N2O4. The molecule has 6 nitrogen and oxygen atoms in total. The summed E-state index contributed by atoms with van der Waals surface area (Å²) in [7, 11) is 1.58. The number of amides is 2. The average molecular weight is 318 g/mol. The first kappa shape index (κ1) is 15.8. The van der Waals surface area contributed by atoms with Gasteiger partial charge in [-0.25, -0.2) is 0 Å². The van der Waals surface area contributed by atoms with Crippen molar-refractivity contribution >= 4 is 23.2 Å². The molecule has 1 atom stereocenters. The Bertz CT molecular complexity index is 596. The minimum Gasteiger partial charge on any atom is -0.495 e. The lowest BCUT2D eigenvalue weighted by molar-refractivity contribution is -0.120. The Kier molecular flexibility index (Phi) is 4.81. The lowest BCUT2D eigenvalue weighted by Crippen LogP contribution is -2.35. The quantitative estimate of drug-likeness (QED) is 0.924. The van der Waals surface area contributed by atoms with Crippen LogP contribution in [0.15, 0.2) is 18.2 Å². The number of benzene rings is 1. The predicted octanol–water partition coefficient (Wildman–Crippen LogP) is 2.19. The van der Waals surface area contributed by atoms with Crippen LogP contribution in [0.4, 0.5) is 11.4 Å². The van der Waals surface area contributed by atoms with Crippen molar-refractivity contribution in [2.24, 2.45) is 5.92 Å². The van der Waals surface area contributed by atoms with Crippen LogP contribution in [0.2, 0.25) is 0 Å². The van der Waals surface area contributed by atoms with E-state index in [0.29, 0.717) is 37.6 Å². The van der Waals surface area contributed by atoms with Gasteiger partial charge in [-0.05, 0) is 37.5 Å². The Morgan fingerprint density at radius 3 is 2.96 bits per heavy atom. The Hall–Kier alpha value is -2.08. The van der Waals surface area contributed by atoms with E-state index in [4.69, 9.17) is 9.47 Å². The number of carbonyl (C=O) groups is 2. The van der Waals surface area contributed by atoms with E-state index in [0.717, 1.165) is 24.9 Å². The molecular weight excluding hydrogens is 296 g/mol. The number of hydrogen-bond acceptors (Lipinski definition) is 4. The van der Waals surface area contributed by atoms with E-state index in [9.17, 15) is 9.59 Å². The number of piperidine rings is 1. The zero-order valence-electron chi connectivity index (χ0n) is 13.3. The second kappa shape index (κ2) is 7.00. The number of rotatable bonds is 4. The molecule has 1 aromatic carbocycles. The van der Waals surface area contributed by atoms with Crippen molar-refractivity contribution in [2.45, 2.75) is 25.7 Å². The van der Waals surface area contributed by atoms with Gasteiger partial charge in [0.1, 0.15) is 5.75 Å². The van der Waals surface area contributed by atoms with Crippen molar-refractivity contribution < 1.29 is 19.1 Å². The van der Waals surface area contributed by atoms with Gasteiger partial charge in [-0.1, -0.05) is 0 Å². The molecule has 0 aromatic heterocycles. The molecule has 0 spiro atoms. The summed E-state index contributed by atoms with van der Waals surface area (Å²) < 4.78 is 10.6. The Labute approximate surface area is 135 Å². The highest BCUT2D eigenvalue weighted by atomic mass is 16.5. The van der Waals surface area contributed by atoms with E-state index in [1.165, 1.54) is 0 Å². The van der Waals surface area contributed by atoms with Gasteiger partial charge in [0.15, 0.2) is 0 Å². The summed E-state index contributed by atoms with van der Waals surface area (Å²) in [6.45, 7) is 1.79. The third-order valence-electron chi connectivity index (χ3n) is 4.36. The van der Waals surface area contributed by atoms with Crippen LogP contribution in [0.5, 0.6) is 5.75 Å². The summed E-state index contributed by atoms with van der Waals surface area (Å²) in [4.78, 5) is 26.1. The minimum absolute atomic E-state index is 0.0383. The lowest BCUT2D eigenvalue weighted by Gasteiger charge is -2.28. The third-order valence-corrected chi connectivity index (χ3v) is 4.36.